The number of nitrogens with one attached hydrogen (secondary N) is 2. The van der Waals surface area contributed by atoms with Crippen LogP contribution in [0.25, 0.3) is 16.3 Å². The summed E-state index contributed by atoms with van der Waals surface area (Å²) in [7, 11) is 0. The van der Waals surface area contributed by atoms with E-state index in [2.05, 4.69) is 22.6 Å². The van der Waals surface area contributed by atoms with E-state index in [-0.39, 0.29) is 5.91 Å². The van der Waals surface area contributed by atoms with Gasteiger partial charge in [-0.25, -0.2) is 9.69 Å². The lowest BCUT2D eigenvalue weighted by Gasteiger charge is -2.26. The SMILES string of the molecule is O=C(NN1CCCCC1)c1nn(-c2ccc(Cl)cc2Cl)c(-c2ccc(C#Cc3ccc(C(F)(F)F)cc3)s2)c1CNC1CC1. The van der Waals surface area contributed by atoms with E-state index in [9.17, 15) is 18.0 Å². The summed E-state index contributed by atoms with van der Waals surface area (Å²) in [6.07, 6.45) is 0.915. The van der Waals surface area contributed by atoms with Crippen molar-refractivity contribution in [2.75, 3.05) is 13.1 Å². The molecule has 0 unspecified atom stereocenters. The van der Waals surface area contributed by atoms with Crippen LogP contribution in [-0.2, 0) is 12.7 Å². The number of amides is 1. The molecule has 6 nitrogen and oxygen atoms in total. The van der Waals surface area contributed by atoms with Crippen LogP contribution in [0, 0.1) is 11.8 Å². The second-order valence-electron chi connectivity index (χ2n) is 10.8. The van der Waals surface area contributed by atoms with Gasteiger partial charge in [-0.1, -0.05) is 41.5 Å². The van der Waals surface area contributed by atoms with E-state index in [1.807, 2.05) is 17.1 Å². The van der Waals surface area contributed by atoms with Crippen molar-refractivity contribution < 1.29 is 18.0 Å². The highest BCUT2D eigenvalue weighted by Gasteiger charge is 2.31. The molecule has 12 heteroatoms. The zero-order valence-corrected chi connectivity index (χ0v) is 25.8. The Hall–Kier alpha value is -3.33. The number of carbonyl (C=O) groups excluding carboxylic acids is 1. The number of benzene rings is 2. The number of nitrogens with zero attached hydrogens (tertiary/aromatic N) is 3. The highest BCUT2D eigenvalue weighted by molar-refractivity contribution is 7.16. The number of alkyl halides is 3. The van der Waals surface area contributed by atoms with Gasteiger partial charge in [-0.15, -0.1) is 11.3 Å². The number of aromatic nitrogens is 2. The molecule has 0 radical (unpaired) electrons. The quantitative estimate of drug-likeness (QED) is 0.200. The summed E-state index contributed by atoms with van der Waals surface area (Å²) in [6.45, 7) is 1.99. The minimum atomic E-state index is -4.40. The lowest BCUT2D eigenvalue weighted by atomic mass is 10.1. The van der Waals surface area contributed by atoms with Crippen LogP contribution in [-0.4, -0.2) is 39.8 Å². The van der Waals surface area contributed by atoms with Crippen molar-refractivity contribution in [1.29, 1.82) is 0 Å². The van der Waals surface area contributed by atoms with Crippen LogP contribution in [0.2, 0.25) is 10.0 Å². The number of piperidine rings is 1. The van der Waals surface area contributed by atoms with Crippen LogP contribution in [0.1, 0.15) is 64.2 Å². The van der Waals surface area contributed by atoms with E-state index in [4.69, 9.17) is 28.3 Å². The first-order valence-electron chi connectivity index (χ1n) is 14.3. The molecule has 2 N–H and O–H groups in total. The van der Waals surface area contributed by atoms with Gasteiger partial charge in [0.2, 0.25) is 0 Å². The molecular weight excluding hydrogens is 630 g/mol. The molecule has 0 spiro atoms. The van der Waals surface area contributed by atoms with E-state index < -0.39 is 11.7 Å². The lowest BCUT2D eigenvalue weighted by molar-refractivity contribution is -0.137. The van der Waals surface area contributed by atoms with Gasteiger partial charge in [0.15, 0.2) is 5.69 Å². The van der Waals surface area contributed by atoms with Gasteiger partial charge < -0.3 is 5.32 Å². The molecule has 6 rings (SSSR count). The van der Waals surface area contributed by atoms with Crippen LogP contribution >= 0.6 is 34.5 Å². The average molecular weight is 659 g/mol. The molecule has 0 atom stereocenters. The molecule has 1 aliphatic heterocycles. The van der Waals surface area contributed by atoms with Crippen LogP contribution in [0.5, 0.6) is 0 Å². The van der Waals surface area contributed by atoms with Crippen LogP contribution in [0.15, 0.2) is 54.6 Å². The van der Waals surface area contributed by atoms with E-state index in [1.165, 1.54) is 23.5 Å². The minimum absolute atomic E-state index is 0.288. The van der Waals surface area contributed by atoms with E-state index >= 15 is 0 Å². The number of carbonyl (C=O) groups is 1. The standard InChI is InChI=1S/C32H28Cl2F3N5OS/c33-22-9-14-27(26(34)18-22)42-30(28-15-13-24(44-28)12-6-20-4-7-21(8-5-20)32(35,36)37)25(19-38-23-10-11-23)29(39-42)31(43)40-41-16-2-1-3-17-41/h4-5,7-9,13-15,18,23,38H,1-3,10-11,16-17,19H2,(H,40,43). The highest BCUT2D eigenvalue weighted by atomic mass is 35.5. The fourth-order valence-electron chi connectivity index (χ4n) is 5.03. The molecule has 228 valence electrons. The summed E-state index contributed by atoms with van der Waals surface area (Å²) >= 11 is 14.3. The predicted molar refractivity (Wildman–Crippen MR) is 167 cm³/mol. The smallest absolute Gasteiger partial charge is 0.310 e. The second-order valence-corrected chi connectivity index (χ2v) is 12.7. The molecule has 44 heavy (non-hydrogen) atoms. The van der Waals surface area contributed by atoms with E-state index in [0.717, 1.165) is 67.8 Å². The second kappa shape index (κ2) is 13.0. The monoisotopic (exact) mass is 657 g/mol. The van der Waals surface area contributed by atoms with Gasteiger partial charge in [-0.05, 0) is 80.3 Å². The molecule has 2 aliphatic rings. The molecule has 0 bridgehead atoms. The summed E-state index contributed by atoms with van der Waals surface area (Å²) in [5.41, 5.74) is 5.12. The predicted octanol–water partition coefficient (Wildman–Crippen LogP) is 7.71. The van der Waals surface area contributed by atoms with Gasteiger partial charge in [0.25, 0.3) is 5.91 Å². The van der Waals surface area contributed by atoms with Gasteiger partial charge in [-0.3, -0.25) is 10.2 Å². The first kappa shape index (κ1) is 30.7. The Labute approximate surface area is 267 Å². The maximum atomic E-state index is 13.7. The third kappa shape index (κ3) is 7.14. The van der Waals surface area contributed by atoms with Gasteiger partial charge >= 0.3 is 6.18 Å². The average Bonchev–Trinajstić information content (AvgIpc) is 3.58. The van der Waals surface area contributed by atoms with Crippen molar-refractivity contribution in [3.63, 3.8) is 0 Å². The Bertz CT molecular complexity index is 1730. The van der Waals surface area contributed by atoms with Gasteiger partial charge in [-0.2, -0.15) is 18.3 Å². The minimum Gasteiger partial charge on any atom is -0.310 e. The molecule has 1 saturated carbocycles. The zero-order chi connectivity index (χ0) is 30.8. The topological polar surface area (TPSA) is 62.2 Å². The number of halogens is 5. The summed E-state index contributed by atoms with van der Waals surface area (Å²) in [6, 6.07) is 14.0. The number of hydrogen-bond donors (Lipinski definition) is 2. The van der Waals surface area contributed by atoms with Crippen molar-refractivity contribution >= 4 is 40.4 Å². The fourth-order valence-corrected chi connectivity index (χ4v) is 6.43. The fraction of sp³-hybridized carbons (Fsp3) is 0.312. The number of hydrazine groups is 1. The summed E-state index contributed by atoms with van der Waals surface area (Å²) < 4.78 is 40.5. The van der Waals surface area contributed by atoms with Crippen molar-refractivity contribution in [3.05, 3.63) is 91.9 Å². The first-order chi connectivity index (χ1) is 21.2. The summed E-state index contributed by atoms with van der Waals surface area (Å²) in [4.78, 5) is 15.2. The van der Waals surface area contributed by atoms with Gasteiger partial charge in [0.1, 0.15) is 0 Å². The number of thiophene rings is 1. The third-order valence-electron chi connectivity index (χ3n) is 7.48. The number of hydrogen-bond acceptors (Lipinski definition) is 5. The van der Waals surface area contributed by atoms with Gasteiger partial charge in [0, 0.05) is 41.8 Å². The van der Waals surface area contributed by atoms with Crippen LogP contribution < -0.4 is 10.7 Å². The van der Waals surface area contributed by atoms with E-state index in [1.54, 1.807) is 22.9 Å². The zero-order valence-electron chi connectivity index (χ0n) is 23.5. The lowest BCUT2D eigenvalue weighted by Crippen LogP contribution is -2.45. The molecule has 3 heterocycles. The van der Waals surface area contributed by atoms with Crippen LogP contribution in [0.3, 0.4) is 0 Å². The Balaban J connectivity index is 1.40. The Morgan fingerprint density at radius 1 is 1.00 bits per heavy atom. The maximum absolute atomic E-state index is 13.7. The summed E-state index contributed by atoms with van der Waals surface area (Å²) in [5.74, 6) is 5.73. The summed E-state index contributed by atoms with van der Waals surface area (Å²) in [5, 5.41) is 11.2. The van der Waals surface area contributed by atoms with Crippen molar-refractivity contribution in [1.82, 2.24) is 25.5 Å². The third-order valence-corrected chi connectivity index (χ3v) is 9.02. The van der Waals surface area contributed by atoms with Crippen molar-refractivity contribution in [2.45, 2.75) is 50.9 Å². The Morgan fingerprint density at radius 3 is 2.43 bits per heavy atom. The Morgan fingerprint density at radius 2 is 1.75 bits per heavy atom. The molecule has 2 aromatic carbocycles. The molecule has 4 aromatic rings. The van der Waals surface area contributed by atoms with Crippen molar-refractivity contribution in [2.24, 2.45) is 0 Å². The molecule has 2 aromatic heterocycles. The van der Waals surface area contributed by atoms with Crippen molar-refractivity contribution in [3.8, 4) is 28.1 Å². The van der Waals surface area contributed by atoms with Crippen LogP contribution in [0.4, 0.5) is 13.2 Å². The molecule has 1 aliphatic carbocycles. The maximum Gasteiger partial charge on any atom is 0.416 e. The molecule has 2 fully saturated rings. The molecule has 1 amide bonds. The normalized spacial score (nSPS) is 15.6. The van der Waals surface area contributed by atoms with Gasteiger partial charge in [0.05, 0.1) is 31.7 Å². The highest BCUT2D eigenvalue weighted by Crippen LogP contribution is 2.37. The van der Waals surface area contributed by atoms with E-state index in [0.29, 0.717) is 50.1 Å². The Kier molecular flexibility index (Phi) is 9.03. The number of rotatable bonds is 7. The molecular formula is C32H28Cl2F3N5OS. The largest absolute Gasteiger partial charge is 0.416 e. The molecule has 1 saturated heterocycles. The first-order valence-corrected chi connectivity index (χ1v) is 15.9.